The molecule has 0 aromatic heterocycles. The maximum atomic E-state index is 11.7. The van der Waals surface area contributed by atoms with Gasteiger partial charge in [-0.2, -0.15) is 0 Å². The molecule has 1 aliphatic heterocycles. The number of nitrogens with zero attached hydrogens (tertiary/aromatic N) is 1. The quantitative estimate of drug-likeness (QED) is 0.528. The molecule has 0 bridgehead atoms. The maximum Gasteiger partial charge on any atom is 0.320 e. The van der Waals surface area contributed by atoms with Crippen molar-refractivity contribution >= 4 is 5.97 Å². The first-order valence-electron chi connectivity index (χ1n) is 5.71. The highest BCUT2D eigenvalue weighted by atomic mass is 16.6. The lowest BCUT2D eigenvalue weighted by molar-refractivity contribution is -0.156. The lowest BCUT2D eigenvalue weighted by Crippen LogP contribution is -2.44. The number of likely N-dealkylation sites (tertiary alicyclic amines) is 1. The molecule has 1 rings (SSSR count). The zero-order chi connectivity index (χ0) is 12.4. The molecular weight excluding hydrogens is 202 g/mol. The van der Waals surface area contributed by atoms with E-state index in [1.54, 1.807) is 0 Å². The number of terminal acetylenes is 1. The van der Waals surface area contributed by atoms with Crippen LogP contribution in [0.3, 0.4) is 0 Å². The van der Waals surface area contributed by atoms with Crippen LogP contribution in [0.25, 0.3) is 0 Å². The van der Waals surface area contributed by atoms with Gasteiger partial charge in [0.05, 0.1) is 12.1 Å². The summed E-state index contributed by atoms with van der Waals surface area (Å²) in [4.78, 5) is 13.7. The van der Waals surface area contributed by atoms with Gasteiger partial charge >= 0.3 is 5.97 Å². The average Bonchev–Trinajstić information content (AvgIpc) is 2.45. The van der Waals surface area contributed by atoms with E-state index in [-0.39, 0.29) is 18.1 Å². The van der Waals surface area contributed by atoms with E-state index in [9.17, 15) is 4.79 Å². The molecule has 0 aliphatic carbocycles. The van der Waals surface area contributed by atoms with Crippen molar-refractivity contribution < 1.29 is 9.53 Å². The Morgan fingerprint density at radius 3 is 2.69 bits per heavy atom. The SMILES string of the molecule is C#CC1(C)CCCN1CC(=O)OC(C)(C)C. The first-order valence-corrected chi connectivity index (χ1v) is 5.71. The van der Waals surface area contributed by atoms with Gasteiger partial charge in [0.2, 0.25) is 0 Å². The Morgan fingerprint density at radius 1 is 1.56 bits per heavy atom. The van der Waals surface area contributed by atoms with E-state index in [0.29, 0.717) is 0 Å². The fourth-order valence-electron chi connectivity index (χ4n) is 1.97. The van der Waals surface area contributed by atoms with Crippen LogP contribution in [0.1, 0.15) is 40.5 Å². The van der Waals surface area contributed by atoms with Crippen LogP contribution in [-0.4, -0.2) is 35.1 Å². The second-order valence-electron chi connectivity index (χ2n) is 5.53. The third-order valence-electron chi connectivity index (χ3n) is 2.84. The third-order valence-corrected chi connectivity index (χ3v) is 2.84. The fourth-order valence-corrected chi connectivity index (χ4v) is 1.97. The van der Waals surface area contributed by atoms with Crippen LogP contribution in [0.5, 0.6) is 0 Å². The molecule has 1 aliphatic rings. The second kappa shape index (κ2) is 4.47. The van der Waals surface area contributed by atoms with Crippen LogP contribution in [-0.2, 0) is 9.53 Å². The van der Waals surface area contributed by atoms with Gasteiger partial charge in [0.1, 0.15) is 5.60 Å². The molecule has 0 aromatic rings. The Kier molecular flexibility index (Phi) is 3.64. The van der Waals surface area contributed by atoms with E-state index >= 15 is 0 Å². The van der Waals surface area contributed by atoms with Crippen LogP contribution in [0, 0.1) is 12.3 Å². The molecule has 3 heteroatoms. The molecule has 1 saturated heterocycles. The Bertz CT molecular complexity index is 311. The van der Waals surface area contributed by atoms with E-state index in [1.165, 1.54) is 0 Å². The summed E-state index contributed by atoms with van der Waals surface area (Å²) in [6, 6.07) is 0. The van der Waals surface area contributed by atoms with Crippen molar-refractivity contribution in [2.24, 2.45) is 0 Å². The molecule has 0 saturated carbocycles. The standard InChI is InChI=1S/C13H21NO2/c1-6-13(5)8-7-9-14(13)10-11(15)16-12(2,3)4/h1H,7-10H2,2-5H3. The number of hydrogen-bond acceptors (Lipinski definition) is 3. The zero-order valence-electron chi connectivity index (χ0n) is 10.7. The normalized spacial score (nSPS) is 26.4. The number of hydrogen-bond donors (Lipinski definition) is 0. The van der Waals surface area contributed by atoms with Crippen molar-refractivity contribution in [3.8, 4) is 12.3 Å². The van der Waals surface area contributed by atoms with Gasteiger partial charge < -0.3 is 4.74 Å². The molecule has 0 N–H and O–H groups in total. The monoisotopic (exact) mass is 223 g/mol. The Labute approximate surface area is 98.1 Å². The molecule has 0 radical (unpaired) electrons. The Balaban J connectivity index is 2.55. The van der Waals surface area contributed by atoms with Gasteiger partial charge in [0, 0.05) is 6.54 Å². The summed E-state index contributed by atoms with van der Waals surface area (Å²) in [5.41, 5.74) is -0.708. The predicted octanol–water partition coefficient (Wildman–Crippen LogP) is 1.82. The number of ether oxygens (including phenoxy) is 1. The molecule has 1 atom stereocenters. The average molecular weight is 223 g/mol. The number of carbonyl (C=O) groups is 1. The largest absolute Gasteiger partial charge is 0.459 e. The van der Waals surface area contributed by atoms with Gasteiger partial charge in [-0.1, -0.05) is 5.92 Å². The van der Waals surface area contributed by atoms with Crippen molar-refractivity contribution in [2.45, 2.75) is 51.7 Å². The van der Waals surface area contributed by atoms with Crippen molar-refractivity contribution in [1.29, 1.82) is 0 Å². The van der Waals surface area contributed by atoms with E-state index in [2.05, 4.69) is 5.92 Å². The lowest BCUT2D eigenvalue weighted by atomic mass is 10.0. The van der Waals surface area contributed by atoms with Gasteiger partial charge in [-0.3, -0.25) is 9.69 Å². The van der Waals surface area contributed by atoms with Gasteiger partial charge in [0.15, 0.2) is 0 Å². The van der Waals surface area contributed by atoms with E-state index < -0.39 is 5.60 Å². The topological polar surface area (TPSA) is 29.5 Å². The molecule has 1 unspecified atom stereocenters. The van der Waals surface area contributed by atoms with Crippen LogP contribution < -0.4 is 0 Å². The zero-order valence-corrected chi connectivity index (χ0v) is 10.7. The Morgan fingerprint density at radius 2 is 2.19 bits per heavy atom. The Hall–Kier alpha value is -1.01. The van der Waals surface area contributed by atoms with Crippen molar-refractivity contribution in [2.75, 3.05) is 13.1 Å². The van der Waals surface area contributed by atoms with Crippen molar-refractivity contribution in [1.82, 2.24) is 4.90 Å². The lowest BCUT2D eigenvalue weighted by Gasteiger charge is -2.30. The van der Waals surface area contributed by atoms with Gasteiger partial charge in [0.25, 0.3) is 0 Å². The minimum Gasteiger partial charge on any atom is -0.459 e. The molecule has 16 heavy (non-hydrogen) atoms. The van der Waals surface area contributed by atoms with E-state index in [4.69, 9.17) is 11.2 Å². The minimum atomic E-state index is -0.427. The maximum absolute atomic E-state index is 11.7. The summed E-state index contributed by atoms with van der Waals surface area (Å²) in [6.07, 6.45) is 7.51. The van der Waals surface area contributed by atoms with Crippen LogP contribution in [0.15, 0.2) is 0 Å². The predicted molar refractivity (Wildman–Crippen MR) is 63.9 cm³/mol. The summed E-state index contributed by atoms with van der Waals surface area (Å²) in [5.74, 6) is 2.58. The van der Waals surface area contributed by atoms with Crippen LogP contribution in [0.4, 0.5) is 0 Å². The number of rotatable bonds is 2. The van der Waals surface area contributed by atoms with Gasteiger partial charge in [-0.25, -0.2) is 0 Å². The first-order chi connectivity index (χ1) is 7.27. The summed E-state index contributed by atoms with van der Waals surface area (Å²) in [6.45, 7) is 8.78. The summed E-state index contributed by atoms with van der Waals surface area (Å²) in [5, 5.41) is 0. The summed E-state index contributed by atoms with van der Waals surface area (Å²) in [7, 11) is 0. The van der Waals surface area contributed by atoms with Crippen molar-refractivity contribution in [3.05, 3.63) is 0 Å². The highest BCUT2D eigenvalue weighted by Gasteiger charge is 2.36. The smallest absolute Gasteiger partial charge is 0.320 e. The van der Waals surface area contributed by atoms with E-state index in [0.717, 1.165) is 19.4 Å². The molecule has 1 heterocycles. The van der Waals surface area contributed by atoms with Gasteiger partial charge in [-0.15, -0.1) is 6.42 Å². The third kappa shape index (κ3) is 3.24. The van der Waals surface area contributed by atoms with Crippen LogP contribution in [0.2, 0.25) is 0 Å². The first kappa shape index (κ1) is 13.1. The molecule has 3 nitrogen and oxygen atoms in total. The molecule has 90 valence electrons. The van der Waals surface area contributed by atoms with Gasteiger partial charge in [-0.05, 0) is 40.5 Å². The molecule has 0 amide bonds. The molecule has 0 aromatic carbocycles. The molecule has 1 fully saturated rings. The highest BCUT2D eigenvalue weighted by molar-refractivity contribution is 5.72. The van der Waals surface area contributed by atoms with E-state index in [1.807, 2.05) is 32.6 Å². The molecular formula is C13H21NO2. The highest BCUT2D eigenvalue weighted by Crippen LogP contribution is 2.27. The van der Waals surface area contributed by atoms with Crippen LogP contribution >= 0.6 is 0 Å². The number of carbonyl (C=O) groups excluding carboxylic acids is 1. The second-order valence-corrected chi connectivity index (χ2v) is 5.53. The molecule has 0 spiro atoms. The van der Waals surface area contributed by atoms with Crippen molar-refractivity contribution in [3.63, 3.8) is 0 Å². The fraction of sp³-hybridized carbons (Fsp3) is 0.769. The summed E-state index contributed by atoms with van der Waals surface area (Å²) >= 11 is 0. The minimum absolute atomic E-state index is 0.198. The summed E-state index contributed by atoms with van der Waals surface area (Å²) < 4.78 is 5.29. The number of esters is 1.